The summed E-state index contributed by atoms with van der Waals surface area (Å²) >= 11 is 0. The summed E-state index contributed by atoms with van der Waals surface area (Å²) in [4.78, 5) is 0. The molecule has 7 heteroatoms. The van der Waals surface area contributed by atoms with Crippen LogP contribution in [0.5, 0.6) is 0 Å². The number of methoxy groups -OCH3 is 1. The van der Waals surface area contributed by atoms with Crippen LogP contribution < -0.4 is 0 Å². The first-order chi connectivity index (χ1) is 16.2. The lowest BCUT2D eigenvalue weighted by Crippen LogP contribution is -2.78. The van der Waals surface area contributed by atoms with E-state index in [1.165, 1.54) is 0 Å². The molecular weight excluding hydrogens is 460 g/mol. The SMILES string of the molecule is CCCC1(C)C(C)(C)C(C)(CO)O[C@@](C)(COC[C@]2(C)C3(C)C[C@@](C)(COC)OC2(C)CO3)C1(C)O. The van der Waals surface area contributed by atoms with Gasteiger partial charge in [-0.2, -0.15) is 0 Å². The second-order valence-corrected chi connectivity index (χ2v) is 14.2. The third kappa shape index (κ3) is 3.78. The van der Waals surface area contributed by atoms with E-state index in [-0.39, 0.29) is 13.2 Å². The van der Waals surface area contributed by atoms with Gasteiger partial charge in [0.2, 0.25) is 0 Å². The Morgan fingerprint density at radius 3 is 1.89 bits per heavy atom. The maximum Gasteiger partial charge on any atom is 0.118 e. The fourth-order valence-corrected chi connectivity index (χ4v) is 7.95. The molecule has 0 aromatic rings. The summed E-state index contributed by atoms with van der Waals surface area (Å²) in [6, 6.07) is 0. The summed E-state index contributed by atoms with van der Waals surface area (Å²) in [6.07, 6.45) is 2.41. The predicted molar refractivity (Wildman–Crippen MR) is 140 cm³/mol. The summed E-state index contributed by atoms with van der Waals surface area (Å²) in [6.45, 7) is 24.2. The zero-order valence-corrected chi connectivity index (χ0v) is 25.1. The number of ether oxygens (including phenoxy) is 5. The minimum Gasteiger partial charge on any atom is -0.393 e. The lowest BCUT2D eigenvalue weighted by atomic mass is 9.46. The number of rotatable bonds is 9. The molecule has 0 radical (unpaired) electrons. The predicted octanol–water partition coefficient (Wildman–Crippen LogP) is 4.51. The fourth-order valence-electron chi connectivity index (χ4n) is 7.95. The van der Waals surface area contributed by atoms with Crippen molar-refractivity contribution in [2.75, 3.05) is 40.1 Å². The van der Waals surface area contributed by atoms with Crippen molar-refractivity contribution in [1.29, 1.82) is 0 Å². The first-order valence-corrected chi connectivity index (χ1v) is 13.7. The van der Waals surface area contributed by atoms with Gasteiger partial charge in [0.05, 0.1) is 66.5 Å². The maximum atomic E-state index is 12.2. The van der Waals surface area contributed by atoms with Gasteiger partial charge in [-0.3, -0.25) is 0 Å². The average Bonchev–Trinajstić information content (AvgIpc) is 2.85. The monoisotopic (exact) mass is 514 g/mol. The van der Waals surface area contributed by atoms with Gasteiger partial charge < -0.3 is 33.9 Å². The van der Waals surface area contributed by atoms with Crippen molar-refractivity contribution in [3.05, 3.63) is 0 Å². The van der Waals surface area contributed by atoms with E-state index in [0.29, 0.717) is 26.2 Å². The van der Waals surface area contributed by atoms with Gasteiger partial charge in [-0.05, 0) is 48.0 Å². The van der Waals surface area contributed by atoms with Crippen LogP contribution in [0.25, 0.3) is 0 Å². The van der Waals surface area contributed by atoms with E-state index < -0.39 is 49.9 Å². The Hall–Kier alpha value is -0.280. The molecule has 3 heterocycles. The molecule has 212 valence electrons. The van der Waals surface area contributed by atoms with E-state index in [4.69, 9.17) is 23.7 Å². The molecule has 5 unspecified atom stereocenters. The molecule has 3 rings (SSSR count). The van der Waals surface area contributed by atoms with Gasteiger partial charge in [-0.15, -0.1) is 0 Å². The Morgan fingerprint density at radius 1 is 0.778 bits per heavy atom. The van der Waals surface area contributed by atoms with Crippen LogP contribution in [0.3, 0.4) is 0 Å². The summed E-state index contributed by atoms with van der Waals surface area (Å²) in [5.74, 6) is 0. The molecule has 8 atom stereocenters. The summed E-state index contributed by atoms with van der Waals surface area (Å²) in [7, 11) is 1.70. The molecule has 2 bridgehead atoms. The van der Waals surface area contributed by atoms with E-state index in [9.17, 15) is 10.2 Å². The molecule has 2 N–H and O–H groups in total. The van der Waals surface area contributed by atoms with Crippen LogP contribution in [0.15, 0.2) is 0 Å². The zero-order chi connectivity index (χ0) is 27.7. The van der Waals surface area contributed by atoms with Gasteiger partial charge in [-0.25, -0.2) is 0 Å². The van der Waals surface area contributed by atoms with Crippen molar-refractivity contribution in [2.24, 2.45) is 16.2 Å². The molecule has 3 fully saturated rings. The molecule has 3 saturated heterocycles. The van der Waals surface area contributed by atoms with E-state index >= 15 is 0 Å². The quantitative estimate of drug-likeness (QED) is 0.468. The van der Waals surface area contributed by atoms with Crippen molar-refractivity contribution in [3.63, 3.8) is 0 Å². The summed E-state index contributed by atoms with van der Waals surface area (Å²) in [5, 5.41) is 22.7. The second kappa shape index (κ2) is 8.87. The largest absolute Gasteiger partial charge is 0.393 e. The Kier molecular flexibility index (Phi) is 7.46. The van der Waals surface area contributed by atoms with Gasteiger partial charge >= 0.3 is 0 Å². The van der Waals surface area contributed by atoms with E-state index in [1.807, 2.05) is 20.8 Å². The van der Waals surface area contributed by atoms with Crippen LogP contribution in [0.2, 0.25) is 0 Å². The third-order valence-electron chi connectivity index (χ3n) is 11.7. The molecule has 0 aromatic heterocycles. The molecule has 0 amide bonds. The highest BCUT2D eigenvalue weighted by Crippen LogP contribution is 2.65. The van der Waals surface area contributed by atoms with Crippen molar-refractivity contribution in [2.45, 2.75) is 129 Å². The Bertz CT molecular complexity index is 806. The standard InChI is InChI=1S/C29H54O7/c1-13-14-23(5)21(2,3)26(8,16-30)36-28(10,29(23,11)31)19-33-18-24(6)25(7)15-22(4,17-32-12)35-27(24,9)20-34-25/h30-31H,13-20H2,1-12H3/t22-,23?,24+,25?,26?,27?,28-,29?/m0/s1. The number of hydrogen-bond donors (Lipinski definition) is 2. The van der Waals surface area contributed by atoms with Crippen LogP contribution in [-0.4, -0.2) is 84.0 Å². The second-order valence-electron chi connectivity index (χ2n) is 14.2. The normalized spacial score (nSPS) is 52.5. The molecule has 0 saturated carbocycles. The number of fused-ring (bicyclic) bond motifs is 2. The lowest BCUT2D eigenvalue weighted by molar-refractivity contribution is -0.379. The van der Waals surface area contributed by atoms with Crippen molar-refractivity contribution in [3.8, 4) is 0 Å². The first kappa shape index (κ1) is 30.3. The van der Waals surface area contributed by atoms with Gasteiger partial charge in [0.1, 0.15) is 5.60 Å². The zero-order valence-electron chi connectivity index (χ0n) is 25.1. The minimum absolute atomic E-state index is 0.140. The average molecular weight is 515 g/mol. The minimum atomic E-state index is -1.21. The van der Waals surface area contributed by atoms with Crippen LogP contribution in [0.1, 0.15) is 95.4 Å². The van der Waals surface area contributed by atoms with E-state index in [1.54, 1.807) is 7.11 Å². The topological polar surface area (TPSA) is 86.6 Å². The molecule has 36 heavy (non-hydrogen) atoms. The molecule has 0 aromatic carbocycles. The van der Waals surface area contributed by atoms with Crippen molar-refractivity contribution < 1.29 is 33.9 Å². The van der Waals surface area contributed by atoms with Crippen molar-refractivity contribution in [1.82, 2.24) is 0 Å². The van der Waals surface area contributed by atoms with Gasteiger partial charge in [0.15, 0.2) is 0 Å². The van der Waals surface area contributed by atoms with Crippen LogP contribution in [-0.2, 0) is 23.7 Å². The summed E-state index contributed by atoms with van der Waals surface area (Å²) in [5.41, 5.74) is -5.98. The van der Waals surface area contributed by atoms with Gasteiger partial charge in [0.25, 0.3) is 0 Å². The van der Waals surface area contributed by atoms with Crippen LogP contribution >= 0.6 is 0 Å². The molecule has 0 aliphatic carbocycles. The van der Waals surface area contributed by atoms with Crippen LogP contribution in [0.4, 0.5) is 0 Å². The molecule has 7 nitrogen and oxygen atoms in total. The Labute approximate surface area is 219 Å². The Morgan fingerprint density at radius 2 is 1.39 bits per heavy atom. The van der Waals surface area contributed by atoms with Crippen LogP contribution in [0, 0.1) is 16.2 Å². The van der Waals surface area contributed by atoms with Gasteiger partial charge in [-0.1, -0.05) is 41.0 Å². The highest BCUT2D eigenvalue weighted by Gasteiger charge is 2.73. The first-order valence-electron chi connectivity index (χ1n) is 13.7. The number of hydrogen-bond acceptors (Lipinski definition) is 7. The summed E-state index contributed by atoms with van der Waals surface area (Å²) < 4.78 is 31.8. The number of aliphatic hydroxyl groups is 2. The Balaban J connectivity index is 1.89. The third-order valence-corrected chi connectivity index (χ3v) is 11.7. The highest BCUT2D eigenvalue weighted by atomic mass is 16.6. The lowest BCUT2D eigenvalue weighted by Gasteiger charge is -2.69. The van der Waals surface area contributed by atoms with E-state index in [0.717, 1.165) is 12.8 Å². The highest BCUT2D eigenvalue weighted by molar-refractivity contribution is 5.21. The smallest absolute Gasteiger partial charge is 0.118 e. The number of aliphatic hydroxyl groups excluding tert-OH is 1. The van der Waals surface area contributed by atoms with Crippen molar-refractivity contribution >= 4 is 0 Å². The fraction of sp³-hybridized carbons (Fsp3) is 1.00. The molecular formula is C29H54O7. The molecule has 0 spiro atoms. The molecule has 3 aliphatic heterocycles. The molecule has 3 aliphatic rings. The maximum absolute atomic E-state index is 12.2. The van der Waals surface area contributed by atoms with Gasteiger partial charge in [0, 0.05) is 24.4 Å². The van der Waals surface area contributed by atoms with E-state index in [2.05, 4.69) is 55.4 Å².